The van der Waals surface area contributed by atoms with Crippen molar-refractivity contribution in [2.45, 2.75) is 39.2 Å². The average molecular weight is 280 g/mol. The molecule has 1 atom stereocenters. The molecule has 0 aromatic heterocycles. The minimum Gasteiger partial charge on any atom is -0.497 e. The van der Waals surface area contributed by atoms with Gasteiger partial charge >= 0.3 is 6.03 Å². The van der Waals surface area contributed by atoms with E-state index >= 15 is 0 Å². The Morgan fingerprint density at radius 1 is 1.45 bits per heavy atom. The molecule has 20 heavy (non-hydrogen) atoms. The molecular weight excluding hydrogens is 256 g/mol. The van der Waals surface area contributed by atoms with Gasteiger partial charge in [0.05, 0.1) is 7.11 Å². The first kappa shape index (κ1) is 16.3. The van der Waals surface area contributed by atoms with E-state index in [1.54, 1.807) is 13.2 Å². The van der Waals surface area contributed by atoms with E-state index in [4.69, 9.17) is 9.84 Å². The maximum atomic E-state index is 12.1. The van der Waals surface area contributed by atoms with Crippen LogP contribution in [0.5, 0.6) is 5.75 Å². The number of aliphatic hydroxyl groups is 1. The molecule has 0 aliphatic heterocycles. The fourth-order valence-corrected chi connectivity index (χ4v) is 1.86. The lowest BCUT2D eigenvalue weighted by atomic mass is 9.95. The largest absolute Gasteiger partial charge is 0.497 e. The van der Waals surface area contributed by atoms with Crippen LogP contribution in [0, 0.1) is 6.92 Å². The van der Waals surface area contributed by atoms with Crippen molar-refractivity contribution in [1.82, 2.24) is 5.32 Å². The fraction of sp³-hybridized carbons (Fsp3) is 0.533. The van der Waals surface area contributed by atoms with Crippen molar-refractivity contribution in [3.05, 3.63) is 23.8 Å². The van der Waals surface area contributed by atoms with Crippen molar-refractivity contribution in [3.63, 3.8) is 0 Å². The summed E-state index contributed by atoms with van der Waals surface area (Å²) in [7, 11) is 1.59. The van der Waals surface area contributed by atoms with Crippen molar-refractivity contribution >= 4 is 11.7 Å². The highest BCUT2D eigenvalue weighted by atomic mass is 16.5. The number of aliphatic hydroxyl groups excluding tert-OH is 1. The van der Waals surface area contributed by atoms with Gasteiger partial charge in [0.15, 0.2) is 0 Å². The van der Waals surface area contributed by atoms with E-state index in [0.717, 1.165) is 12.0 Å². The smallest absolute Gasteiger partial charge is 0.319 e. The number of nitrogens with one attached hydrogen (secondary N) is 2. The lowest BCUT2D eigenvalue weighted by molar-refractivity contribution is 0.208. The Hall–Kier alpha value is -1.75. The summed E-state index contributed by atoms with van der Waals surface area (Å²) in [4.78, 5) is 12.1. The zero-order chi connectivity index (χ0) is 15.2. The average Bonchev–Trinajstić information content (AvgIpc) is 2.41. The maximum Gasteiger partial charge on any atom is 0.319 e. The second-order valence-corrected chi connectivity index (χ2v) is 5.15. The lowest BCUT2D eigenvalue weighted by Gasteiger charge is -2.29. The topological polar surface area (TPSA) is 70.6 Å². The van der Waals surface area contributed by atoms with Crippen molar-refractivity contribution in [1.29, 1.82) is 0 Å². The molecule has 1 unspecified atom stereocenters. The molecule has 0 bridgehead atoms. The van der Waals surface area contributed by atoms with E-state index in [9.17, 15) is 4.79 Å². The maximum absolute atomic E-state index is 12.1. The standard InChI is InChI=1S/C15H24N2O3/c1-5-15(3,8-9-18)17-14(19)16-13-10-12(20-4)7-6-11(13)2/h6-7,10,18H,5,8-9H2,1-4H3,(H2,16,17,19). The number of amides is 2. The number of aryl methyl sites for hydroxylation is 1. The second-order valence-electron chi connectivity index (χ2n) is 5.15. The van der Waals surface area contributed by atoms with Gasteiger partial charge < -0.3 is 20.5 Å². The van der Waals surface area contributed by atoms with Crippen LogP contribution in [0.3, 0.4) is 0 Å². The van der Waals surface area contributed by atoms with Gasteiger partial charge in [-0.2, -0.15) is 0 Å². The SMILES string of the molecule is CCC(C)(CCO)NC(=O)Nc1cc(OC)ccc1C. The summed E-state index contributed by atoms with van der Waals surface area (Å²) < 4.78 is 5.15. The fourth-order valence-electron chi connectivity index (χ4n) is 1.86. The van der Waals surface area contributed by atoms with E-state index in [1.165, 1.54) is 0 Å². The first-order chi connectivity index (χ1) is 9.44. The highest BCUT2D eigenvalue weighted by Gasteiger charge is 2.23. The quantitative estimate of drug-likeness (QED) is 0.750. The molecule has 0 saturated carbocycles. The van der Waals surface area contributed by atoms with E-state index < -0.39 is 5.54 Å². The number of anilines is 1. The molecule has 1 aromatic carbocycles. The zero-order valence-electron chi connectivity index (χ0n) is 12.6. The molecule has 0 aliphatic carbocycles. The Labute approximate surface area is 120 Å². The van der Waals surface area contributed by atoms with Crippen LogP contribution in [0.4, 0.5) is 10.5 Å². The summed E-state index contributed by atoms with van der Waals surface area (Å²) in [5.74, 6) is 0.694. The van der Waals surface area contributed by atoms with Gasteiger partial charge in [-0.1, -0.05) is 13.0 Å². The molecule has 1 rings (SSSR count). The Morgan fingerprint density at radius 2 is 2.15 bits per heavy atom. The minimum absolute atomic E-state index is 0.0445. The van der Waals surface area contributed by atoms with Crippen molar-refractivity contribution < 1.29 is 14.6 Å². The third-order valence-electron chi connectivity index (χ3n) is 3.55. The zero-order valence-corrected chi connectivity index (χ0v) is 12.6. The van der Waals surface area contributed by atoms with Gasteiger partial charge in [-0.05, 0) is 38.3 Å². The summed E-state index contributed by atoms with van der Waals surface area (Å²) in [5.41, 5.74) is 1.26. The Kier molecular flexibility index (Phi) is 5.82. The molecule has 1 aromatic rings. The molecule has 0 saturated heterocycles. The van der Waals surface area contributed by atoms with Gasteiger partial charge in [-0.25, -0.2) is 4.79 Å². The number of rotatable bonds is 6. The molecule has 3 N–H and O–H groups in total. The second kappa shape index (κ2) is 7.14. The Morgan fingerprint density at radius 3 is 2.70 bits per heavy atom. The van der Waals surface area contributed by atoms with Gasteiger partial charge in [-0.3, -0.25) is 0 Å². The van der Waals surface area contributed by atoms with Gasteiger partial charge in [0.25, 0.3) is 0 Å². The molecule has 112 valence electrons. The van der Waals surface area contributed by atoms with E-state index in [2.05, 4.69) is 10.6 Å². The molecule has 0 aliphatic rings. The van der Waals surface area contributed by atoms with Crippen LogP contribution in [0.2, 0.25) is 0 Å². The molecule has 0 spiro atoms. The third kappa shape index (κ3) is 4.42. The highest BCUT2D eigenvalue weighted by Crippen LogP contribution is 2.22. The van der Waals surface area contributed by atoms with Crippen molar-refractivity contribution in [3.8, 4) is 5.75 Å². The van der Waals surface area contributed by atoms with Crippen LogP contribution in [-0.2, 0) is 0 Å². The highest BCUT2D eigenvalue weighted by molar-refractivity contribution is 5.90. The van der Waals surface area contributed by atoms with E-state index in [1.807, 2.05) is 32.9 Å². The summed E-state index contributed by atoms with van der Waals surface area (Å²) in [5, 5.41) is 14.8. The van der Waals surface area contributed by atoms with Gasteiger partial charge in [0, 0.05) is 23.9 Å². The van der Waals surface area contributed by atoms with Gasteiger partial charge in [-0.15, -0.1) is 0 Å². The number of methoxy groups -OCH3 is 1. The lowest BCUT2D eigenvalue weighted by Crippen LogP contribution is -2.48. The Bertz CT molecular complexity index is 462. The van der Waals surface area contributed by atoms with Gasteiger partial charge in [0.1, 0.15) is 5.75 Å². The Balaban J connectivity index is 2.75. The number of ether oxygens (including phenoxy) is 1. The first-order valence-electron chi connectivity index (χ1n) is 6.78. The molecule has 2 amide bonds. The number of urea groups is 1. The van der Waals surface area contributed by atoms with Crippen molar-refractivity contribution in [2.24, 2.45) is 0 Å². The monoisotopic (exact) mass is 280 g/mol. The van der Waals surface area contributed by atoms with Gasteiger partial charge in [0.2, 0.25) is 0 Å². The summed E-state index contributed by atoms with van der Waals surface area (Å²) >= 11 is 0. The number of carbonyl (C=O) groups excluding carboxylic acids is 1. The molecule has 0 radical (unpaired) electrons. The summed E-state index contributed by atoms with van der Waals surface area (Å²) in [6.45, 7) is 5.86. The minimum atomic E-state index is -0.411. The van der Waals surface area contributed by atoms with E-state index in [0.29, 0.717) is 17.9 Å². The molecule has 5 nitrogen and oxygen atoms in total. The van der Waals surface area contributed by atoms with Crippen molar-refractivity contribution in [2.75, 3.05) is 19.0 Å². The predicted molar refractivity (Wildman–Crippen MR) is 80.3 cm³/mol. The summed E-state index contributed by atoms with van der Waals surface area (Å²) in [6.07, 6.45) is 1.27. The van der Waals surface area contributed by atoms with Crippen LogP contribution in [-0.4, -0.2) is 30.4 Å². The molecule has 0 heterocycles. The third-order valence-corrected chi connectivity index (χ3v) is 3.55. The number of carbonyl (C=O) groups is 1. The molecule has 0 fully saturated rings. The van der Waals surface area contributed by atoms with Crippen LogP contribution >= 0.6 is 0 Å². The van der Waals surface area contributed by atoms with Crippen LogP contribution < -0.4 is 15.4 Å². The predicted octanol–water partition coefficient (Wildman–Crippen LogP) is 2.68. The van der Waals surface area contributed by atoms with E-state index in [-0.39, 0.29) is 12.6 Å². The summed E-state index contributed by atoms with van der Waals surface area (Å²) in [6, 6.07) is 5.24. The molecular formula is C15H24N2O3. The van der Waals surface area contributed by atoms with Crippen LogP contribution in [0.15, 0.2) is 18.2 Å². The normalized spacial score (nSPS) is 13.4. The van der Waals surface area contributed by atoms with Crippen LogP contribution in [0.1, 0.15) is 32.3 Å². The molecule has 5 heteroatoms. The number of hydrogen-bond acceptors (Lipinski definition) is 3. The first-order valence-corrected chi connectivity index (χ1v) is 6.78. The number of benzene rings is 1. The number of hydrogen-bond donors (Lipinski definition) is 3. The van der Waals surface area contributed by atoms with Crippen LogP contribution in [0.25, 0.3) is 0 Å².